The Hall–Kier alpha value is -0.590. The van der Waals surface area contributed by atoms with Gasteiger partial charge in [0.15, 0.2) is 0 Å². The fourth-order valence-electron chi connectivity index (χ4n) is 1.01. The SMILES string of the molecule is Cl.N[C@H](c1c(F)cc(Cl)cc1F)C(F)(F)F. The van der Waals surface area contributed by atoms with Crippen molar-refractivity contribution in [3.63, 3.8) is 0 Å². The predicted molar refractivity (Wildman–Crippen MR) is 51.6 cm³/mol. The number of rotatable bonds is 1. The first kappa shape index (κ1) is 15.4. The zero-order chi connectivity index (χ0) is 11.8. The summed E-state index contributed by atoms with van der Waals surface area (Å²) in [4.78, 5) is 0. The number of hydrogen-bond donors (Lipinski definition) is 1. The van der Waals surface area contributed by atoms with Crippen molar-refractivity contribution in [3.8, 4) is 0 Å². The van der Waals surface area contributed by atoms with Gasteiger partial charge in [0.25, 0.3) is 0 Å². The molecule has 0 spiro atoms. The van der Waals surface area contributed by atoms with Crippen LogP contribution in [0.2, 0.25) is 5.02 Å². The van der Waals surface area contributed by atoms with Crippen molar-refractivity contribution in [1.82, 2.24) is 0 Å². The Morgan fingerprint density at radius 2 is 1.50 bits per heavy atom. The van der Waals surface area contributed by atoms with Crippen molar-refractivity contribution >= 4 is 24.0 Å². The molecule has 1 nitrogen and oxygen atoms in total. The van der Waals surface area contributed by atoms with Gasteiger partial charge in [-0.05, 0) is 12.1 Å². The normalized spacial score (nSPS) is 13.2. The standard InChI is InChI=1S/C8H5ClF5N.ClH/c9-3-1-4(10)6(5(11)2-3)7(15)8(12,13)14;/h1-2,7H,15H2;1H/t7-;/m1./s1. The molecule has 0 bridgehead atoms. The van der Waals surface area contributed by atoms with Gasteiger partial charge in [0.05, 0.1) is 0 Å². The number of halogens is 7. The molecule has 0 aromatic heterocycles. The maximum atomic E-state index is 13.0. The predicted octanol–water partition coefficient (Wildman–Crippen LogP) is 3.60. The summed E-state index contributed by atoms with van der Waals surface area (Å²) in [6, 6.07) is -1.55. The summed E-state index contributed by atoms with van der Waals surface area (Å²) in [5.74, 6) is -2.82. The molecule has 0 radical (unpaired) electrons. The molecular weight excluding hydrogens is 276 g/mol. The van der Waals surface area contributed by atoms with Crippen LogP contribution in [0.1, 0.15) is 11.6 Å². The summed E-state index contributed by atoms with van der Waals surface area (Å²) in [6.07, 6.45) is -4.91. The molecule has 92 valence electrons. The minimum Gasteiger partial charge on any atom is -0.316 e. The number of hydrogen-bond acceptors (Lipinski definition) is 1. The average molecular weight is 282 g/mol. The van der Waals surface area contributed by atoms with Crippen LogP contribution in [0.4, 0.5) is 22.0 Å². The van der Waals surface area contributed by atoms with Crippen LogP contribution in [0, 0.1) is 11.6 Å². The van der Waals surface area contributed by atoms with Crippen molar-refractivity contribution in [2.24, 2.45) is 5.73 Å². The molecule has 0 aliphatic rings. The molecule has 0 heterocycles. The molecule has 1 aromatic carbocycles. The van der Waals surface area contributed by atoms with E-state index < -0.39 is 29.4 Å². The van der Waals surface area contributed by atoms with Crippen molar-refractivity contribution in [1.29, 1.82) is 0 Å². The van der Waals surface area contributed by atoms with Gasteiger partial charge in [-0.15, -0.1) is 12.4 Å². The van der Waals surface area contributed by atoms with Crippen LogP contribution >= 0.6 is 24.0 Å². The van der Waals surface area contributed by atoms with E-state index in [1.807, 2.05) is 0 Å². The van der Waals surface area contributed by atoms with Gasteiger partial charge >= 0.3 is 6.18 Å². The quantitative estimate of drug-likeness (QED) is 0.782. The van der Waals surface area contributed by atoms with E-state index in [0.29, 0.717) is 12.1 Å². The van der Waals surface area contributed by atoms with Crippen LogP contribution in [-0.2, 0) is 0 Å². The van der Waals surface area contributed by atoms with Crippen LogP contribution in [0.3, 0.4) is 0 Å². The van der Waals surface area contributed by atoms with Crippen LogP contribution in [-0.4, -0.2) is 6.18 Å². The molecule has 0 fully saturated rings. The second-order valence-electron chi connectivity index (χ2n) is 2.80. The van der Waals surface area contributed by atoms with Gasteiger partial charge in [-0.25, -0.2) is 8.78 Å². The smallest absolute Gasteiger partial charge is 0.316 e. The first-order valence-electron chi connectivity index (χ1n) is 3.70. The summed E-state index contributed by atoms with van der Waals surface area (Å²) in [5, 5.41) is -0.330. The lowest BCUT2D eigenvalue weighted by Crippen LogP contribution is -2.30. The molecular formula is C8H6Cl2F5N. The lowest BCUT2D eigenvalue weighted by Gasteiger charge is -2.17. The fourth-order valence-corrected chi connectivity index (χ4v) is 1.21. The lowest BCUT2D eigenvalue weighted by atomic mass is 10.1. The monoisotopic (exact) mass is 281 g/mol. The molecule has 1 rings (SSSR count). The molecule has 0 saturated heterocycles. The highest BCUT2D eigenvalue weighted by molar-refractivity contribution is 6.30. The molecule has 0 saturated carbocycles. The van der Waals surface area contributed by atoms with Gasteiger partial charge in [-0.2, -0.15) is 13.2 Å². The highest BCUT2D eigenvalue weighted by Crippen LogP contribution is 2.34. The average Bonchev–Trinajstić information content (AvgIpc) is 1.99. The van der Waals surface area contributed by atoms with Gasteiger partial charge in [-0.3, -0.25) is 0 Å². The summed E-state index contributed by atoms with van der Waals surface area (Å²) in [6.45, 7) is 0. The van der Waals surface area contributed by atoms with E-state index in [0.717, 1.165) is 0 Å². The summed E-state index contributed by atoms with van der Waals surface area (Å²) >= 11 is 5.24. The fraction of sp³-hybridized carbons (Fsp3) is 0.250. The second-order valence-corrected chi connectivity index (χ2v) is 3.24. The van der Waals surface area contributed by atoms with E-state index in [2.05, 4.69) is 5.73 Å². The molecule has 16 heavy (non-hydrogen) atoms. The Kier molecular flexibility index (Phi) is 4.97. The Morgan fingerprint density at radius 3 is 1.81 bits per heavy atom. The number of nitrogens with two attached hydrogens (primary N) is 1. The van der Waals surface area contributed by atoms with E-state index in [1.165, 1.54) is 0 Å². The molecule has 8 heteroatoms. The number of alkyl halides is 3. The summed E-state index contributed by atoms with van der Waals surface area (Å²) < 4.78 is 62.3. The van der Waals surface area contributed by atoms with E-state index in [-0.39, 0.29) is 17.4 Å². The van der Waals surface area contributed by atoms with Crippen LogP contribution < -0.4 is 5.73 Å². The lowest BCUT2D eigenvalue weighted by molar-refractivity contribution is -0.150. The highest BCUT2D eigenvalue weighted by atomic mass is 35.5. The Balaban J connectivity index is 0.00000225. The molecule has 2 N–H and O–H groups in total. The maximum Gasteiger partial charge on any atom is 0.407 e. The first-order chi connectivity index (χ1) is 6.73. The molecule has 0 aliphatic carbocycles. The third-order valence-electron chi connectivity index (χ3n) is 1.71. The third-order valence-corrected chi connectivity index (χ3v) is 1.93. The number of benzene rings is 1. The van der Waals surface area contributed by atoms with Crippen molar-refractivity contribution in [2.45, 2.75) is 12.2 Å². The van der Waals surface area contributed by atoms with Gasteiger partial charge in [0.1, 0.15) is 17.7 Å². The van der Waals surface area contributed by atoms with Gasteiger partial charge in [0.2, 0.25) is 0 Å². The Bertz CT molecular complexity index is 356. The topological polar surface area (TPSA) is 26.0 Å². The largest absolute Gasteiger partial charge is 0.407 e. The molecule has 1 aromatic rings. The van der Waals surface area contributed by atoms with Crippen LogP contribution in [0.15, 0.2) is 12.1 Å². The van der Waals surface area contributed by atoms with Crippen LogP contribution in [0.5, 0.6) is 0 Å². The van der Waals surface area contributed by atoms with Crippen molar-refractivity contribution < 1.29 is 22.0 Å². The van der Waals surface area contributed by atoms with E-state index in [4.69, 9.17) is 11.6 Å². The Labute approximate surface area is 98.8 Å². The minimum absolute atomic E-state index is 0. The summed E-state index contributed by atoms with van der Waals surface area (Å²) in [5.41, 5.74) is 3.45. The molecule has 0 amide bonds. The van der Waals surface area contributed by atoms with Gasteiger partial charge in [-0.1, -0.05) is 11.6 Å². The molecule has 1 atom stereocenters. The maximum absolute atomic E-state index is 13.0. The van der Waals surface area contributed by atoms with Gasteiger partial charge < -0.3 is 5.73 Å². The van der Waals surface area contributed by atoms with Gasteiger partial charge in [0, 0.05) is 10.6 Å². The third kappa shape index (κ3) is 3.20. The first-order valence-corrected chi connectivity index (χ1v) is 4.08. The zero-order valence-electron chi connectivity index (χ0n) is 7.49. The Morgan fingerprint density at radius 1 is 1.12 bits per heavy atom. The molecule has 0 unspecified atom stereocenters. The summed E-state index contributed by atoms with van der Waals surface area (Å²) in [7, 11) is 0. The van der Waals surface area contributed by atoms with Crippen molar-refractivity contribution in [2.75, 3.05) is 0 Å². The van der Waals surface area contributed by atoms with E-state index >= 15 is 0 Å². The molecule has 0 aliphatic heterocycles. The van der Waals surface area contributed by atoms with Crippen molar-refractivity contribution in [3.05, 3.63) is 34.4 Å². The van der Waals surface area contributed by atoms with E-state index in [9.17, 15) is 22.0 Å². The second kappa shape index (κ2) is 5.16. The van der Waals surface area contributed by atoms with Crippen LogP contribution in [0.25, 0.3) is 0 Å². The zero-order valence-corrected chi connectivity index (χ0v) is 9.06. The highest BCUT2D eigenvalue weighted by Gasteiger charge is 2.41. The minimum atomic E-state index is -4.91. The van der Waals surface area contributed by atoms with E-state index in [1.54, 1.807) is 0 Å².